The summed E-state index contributed by atoms with van der Waals surface area (Å²) in [5.74, 6) is -2.77. The number of rotatable bonds is 44. The Hall–Kier alpha value is -3.54. The minimum absolute atomic E-state index is 0.162. The van der Waals surface area contributed by atoms with Crippen molar-refractivity contribution in [2.75, 3.05) is 47.0 Å². The molecule has 3 heterocycles. The highest BCUT2D eigenvalue weighted by atomic mass is 17.3. The fraction of sp³-hybridized carbons (Fsp3) is 0.895. The van der Waals surface area contributed by atoms with E-state index in [-0.39, 0.29) is 18.3 Å². The predicted octanol–water partition coefficient (Wildman–Crippen LogP) is 5.20. The molecule has 476 valence electrons. The summed E-state index contributed by atoms with van der Waals surface area (Å²) in [5.41, 5.74) is 0. The number of ketones is 1. The van der Waals surface area contributed by atoms with Crippen LogP contribution in [0.3, 0.4) is 0 Å². The first-order valence-corrected chi connectivity index (χ1v) is 30.0. The lowest BCUT2D eigenvalue weighted by Gasteiger charge is -2.45. The number of ether oxygens (including phenoxy) is 7. The minimum Gasteiger partial charge on any atom is -0.460 e. The van der Waals surface area contributed by atoms with Crippen molar-refractivity contribution < 1.29 is 112 Å². The summed E-state index contributed by atoms with van der Waals surface area (Å²) in [6.07, 6.45) is 2.13. The lowest BCUT2D eigenvalue weighted by Crippen LogP contribution is -2.63. The van der Waals surface area contributed by atoms with Crippen LogP contribution in [0.4, 0.5) is 0 Å². The summed E-state index contributed by atoms with van der Waals surface area (Å²) in [6.45, 7) is 6.95. The van der Waals surface area contributed by atoms with Crippen LogP contribution in [-0.4, -0.2) is 194 Å². The monoisotopic (exact) mass is 1180 g/mol. The molecule has 0 unspecified atom stereocenters. The molecule has 3 rings (SSSR count). The SMILES string of the molecule is CCCCCC[C@@H](O[C@@H]1OC[C@H](O[C@@H]2OC[C@H](O)[C@H](O[C@@H]3OC[C@H](OOC(C)=O)[C@H](OOC(C)=O)[C@H]3OOC(C)=O)[C@H]2O)[C@H](O)[C@H]1O)[C@H](CCCCCCC(=O)CCCCCCCCCCCCC(=O)NCCCCN(C)C)OC(C)=O. The molecule has 0 aromatic carbocycles. The molecule has 3 aliphatic heterocycles. The number of nitrogens with zero attached hydrogens (tertiary/aromatic N) is 1. The number of Topliss-reactive ketones (excluding diaryl/α,β-unsaturated/α-hetero) is 1. The predicted molar refractivity (Wildman–Crippen MR) is 291 cm³/mol. The Bertz CT molecular complexity index is 1800. The maximum absolute atomic E-state index is 12.7. The summed E-state index contributed by atoms with van der Waals surface area (Å²) in [4.78, 5) is 104. The molecule has 14 atom stereocenters. The van der Waals surface area contributed by atoms with E-state index in [1.807, 2.05) is 0 Å². The van der Waals surface area contributed by atoms with Gasteiger partial charge in [-0.1, -0.05) is 96.8 Å². The highest BCUT2D eigenvalue weighted by molar-refractivity contribution is 5.78. The van der Waals surface area contributed by atoms with E-state index in [9.17, 15) is 49.2 Å². The van der Waals surface area contributed by atoms with Crippen LogP contribution in [0.15, 0.2) is 0 Å². The lowest BCUT2D eigenvalue weighted by molar-refractivity contribution is -0.448. The number of esters is 1. The number of unbranched alkanes of at least 4 members (excludes halogenated alkanes) is 16. The molecule has 0 spiro atoms. The molecular formula is C57H100N2O23. The number of carbonyl (C=O) groups is 6. The lowest BCUT2D eigenvalue weighted by atomic mass is 9.98. The first-order valence-electron chi connectivity index (χ1n) is 30.0. The largest absolute Gasteiger partial charge is 0.460 e. The van der Waals surface area contributed by atoms with Crippen molar-refractivity contribution in [2.24, 2.45) is 0 Å². The van der Waals surface area contributed by atoms with Gasteiger partial charge in [-0.25, -0.2) is 14.4 Å². The van der Waals surface area contributed by atoms with Crippen LogP contribution < -0.4 is 5.32 Å². The molecule has 5 N–H and O–H groups in total. The average Bonchev–Trinajstić information content (AvgIpc) is 3.46. The van der Waals surface area contributed by atoms with Crippen molar-refractivity contribution in [3.05, 3.63) is 0 Å². The first kappa shape index (κ1) is 72.7. The third kappa shape index (κ3) is 30.0. The van der Waals surface area contributed by atoms with Crippen LogP contribution in [0.25, 0.3) is 0 Å². The van der Waals surface area contributed by atoms with Crippen molar-refractivity contribution in [3.63, 3.8) is 0 Å². The minimum atomic E-state index is -1.83. The van der Waals surface area contributed by atoms with E-state index in [0.29, 0.717) is 38.5 Å². The van der Waals surface area contributed by atoms with Gasteiger partial charge < -0.3 is 63.8 Å². The summed E-state index contributed by atoms with van der Waals surface area (Å²) < 4.78 is 41.3. The quantitative estimate of drug-likeness (QED) is 0.0227. The number of amides is 1. The van der Waals surface area contributed by atoms with Gasteiger partial charge in [0.15, 0.2) is 37.2 Å². The van der Waals surface area contributed by atoms with E-state index in [1.165, 1.54) is 32.6 Å². The second kappa shape index (κ2) is 42.3. The zero-order chi connectivity index (χ0) is 60.2. The van der Waals surface area contributed by atoms with Crippen LogP contribution in [0.5, 0.6) is 0 Å². The van der Waals surface area contributed by atoms with Crippen LogP contribution in [0.1, 0.15) is 195 Å². The van der Waals surface area contributed by atoms with Gasteiger partial charge in [0.25, 0.3) is 0 Å². The fourth-order valence-electron chi connectivity index (χ4n) is 9.79. The van der Waals surface area contributed by atoms with Crippen molar-refractivity contribution in [3.8, 4) is 0 Å². The second-order valence-electron chi connectivity index (χ2n) is 22.0. The molecule has 3 aliphatic rings. The maximum atomic E-state index is 12.7. The Morgan fingerprint density at radius 1 is 0.500 bits per heavy atom. The van der Waals surface area contributed by atoms with Crippen molar-refractivity contribution in [2.45, 2.75) is 281 Å². The summed E-state index contributed by atoms with van der Waals surface area (Å²) >= 11 is 0. The smallest absolute Gasteiger partial charge is 0.339 e. The van der Waals surface area contributed by atoms with Crippen LogP contribution in [-0.2, 0) is 91.3 Å². The molecule has 0 bridgehead atoms. The Morgan fingerprint density at radius 2 is 1.01 bits per heavy atom. The average molecular weight is 1180 g/mol. The second-order valence-corrected chi connectivity index (χ2v) is 22.0. The van der Waals surface area contributed by atoms with Gasteiger partial charge in [-0.15, -0.1) is 0 Å². The van der Waals surface area contributed by atoms with Crippen LogP contribution in [0, 0.1) is 0 Å². The number of carbonyl (C=O) groups excluding carboxylic acids is 6. The van der Waals surface area contributed by atoms with E-state index in [0.717, 1.165) is 130 Å². The highest BCUT2D eigenvalue weighted by Gasteiger charge is 2.52. The molecule has 1 amide bonds. The summed E-state index contributed by atoms with van der Waals surface area (Å²) in [7, 11) is 4.11. The molecular weight excluding hydrogens is 1080 g/mol. The molecule has 3 fully saturated rings. The zero-order valence-electron chi connectivity index (χ0n) is 49.8. The van der Waals surface area contributed by atoms with E-state index in [1.54, 1.807) is 0 Å². The molecule has 0 aromatic heterocycles. The van der Waals surface area contributed by atoms with Gasteiger partial charge in [-0.2, -0.15) is 14.7 Å². The molecule has 25 nitrogen and oxygen atoms in total. The van der Waals surface area contributed by atoms with E-state index >= 15 is 0 Å². The number of nitrogens with one attached hydrogen (secondary N) is 1. The first-order chi connectivity index (χ1) is 39.3. The fourth-order valence-corrected chi connectivity index (χ4v) is 9.79. The van der Waals surface area contributed by atoms with Crippen molar-refractivity contribution in [1.82, 2.24) is 10.2 Å². The van der Waals surface area contributed by atoms with Crippen molar-refractivity contribution in [1.29, 1.82) is 0 Å². The van der Waals surface area contributed by atoms with Gasteiger partial charge in [-0.05, 0) is 72.0 Å². The number of hydrogen-bond donors (Lipinski definition) is 5. The van der Waals surface area contributed by atoms with Gasteiger partial charge in [0, 0.05) is 53.5 Å². The van der Waals surface area contributed by atoms with Gasteiger partial charge in [0.2, 0.25) is 5.91 Å². The van der Waals surface area contributed by atoms with Gasteiger partial charge in [0.05, 0.1) is 25.9 Å². The molecule has 25 heteroatoms. The van der Waals surface area contributed by atoms with Gasteiger partial charge in [-0.3, -0.25) is 29.0 Å². The molecule has 0 saturated carbocycles. The highest BCUT2D eigenvalue weighted by Crippen LogP contribution is 2.32. The zero-order valence-corrected chi connectivity index (χ0v) is 49.8. The Labute approximate surface area is 484 Å². The number of aliphatic hydroxyl groups excluding tert-OH is 4. The summed E-state index contributed by atoms with van der Waals surface area (Å²) in [6, 6.07) is 0. The Kier molecular flexibility index (Phi) is 37.5. The normalized spacial score (nSPS) is 26.4. The van der Waals surface area contributed by atoms with Crippen molar-refractivity contribution >= 4 is 35.6 Å². The van der Waals surface area contributed by atoms with Crippen LogP contribution >= 0.6 is 0 Å². The number of hydrogen-bond acceptors (Lipinski definition) is 24. The topological polar surface area (TPSA) is 319 Å². The van der Waals surface area contributed by atoms with E-state index < -0.39 is 123 Å². The Balaban J connectivity index is 1.44. The maximum Gasteiger partial charge on any atom is 0.339 e. The summed E-state index contributed by atoms with van der Waals surface area (Å²) in [5, 5.41) is 48.3. The van der Waals surface area contributed by atoms with E-state index in [4.69, 9.17) is 52.7 Å². The van der Waals surface area contributed by atoms with Gasteiger partial charge >= 0.3 is 23.9 Å². The van der Waals surface area contributed by atoms with Gasteiger partial charge in [0.1, 0.15) is 48.5 Å². The third-order valence-corrected chi connectivity index (χ3v) is 14.2. The number of aliphatic hydroxyl groups is 4. The molecule has 3 saturated heterocycles. The standard InChI is InChI=1S/C57H100N2O23/c1-8-9-10-23-31-45(44(73-38(2)60)30-24-20-19-22-29-42(64)28-21-17-15-13-11-12-14-16-18-25-32-48(66)58-33-26-27-34-59(6)7)74-55-50(68)49(67)46(36-71-55)75-56-51(69)52(43(65)35-70-56)76-57-54(82-79-41(5)63)53(81-78-40(4)62)47(37-72-57)80-77-39(3)61/h43-47,49-57,65,67-69H,8-37H2,1-7H3,(H,58,66)/t43-,44-,45+,46-,47-,49-,50+,51+,52-,53-,54+,55-,56-,57-/m0/s1. The van der Waals surface area contributed by atoms with Crippen LogP contribution in [0.2, 0.25) is 0 Å². The third-order valence-electron chi connectivity index (χ3n) is 14.2. The molecule has 0 aromatic rings. The molecule has 0 radical (unpaired) electrons. The Morgan fingerprint density at radius 3 is 1.60 bits per heavy atom. The van der Waals surface area contributed by atoms with E-state index in [2.05, 4.69) is 41.0 Å². The molecule has 82 heavy (non-hydrogen) atoms. The molecule has 0 aliphatic carbocycles.